The Morgan fingerprint density at radius 1 is 1.22 bits per heavy atom. The molecule has 2 aliphatic carbocycles. The molecule has 5 heteroatoms. The number of benzene rings is 2. The molecule has 3 aromatic rings. The van der Waals surface area contributed by atoms with Crippen molar-refractivity contribution in [2.24, 2.45) is 11.3 Å². The summed E-state index contributed by atoms with van der Waals surface area (Å²) in [5, 5.41) is 16.0. The Morgan fingerprint density at radius 2 is 2.00 bits per heavy atom. The minimum atomic E-state index is -0.450. The molecule has 3 atom stereocenters. The van der Waals surface area contributed by atoms with E-state index >= 15 is 0 Å². The van der Waals surface area contributed by atoms with Crippen molar-refractivity contribution < 1.29 is 14.2 Å². The normalized spacial score (nSPS) is 23.1. The van der Waals surface area contributed by atoms with Gasteiger partial charge < -0.3 is 9.84 Å². The van der Waals surface area contributed by atoms with Gasteiger partial charge in [0.05, 0.1) is 30.8 Å². The molecule has 166 valence electrons. The van der Waals surface area contributed by atoms with Gasteiger partial charge in [-0.3, -0.25) is 0 Å². The minimum absolute atomic E-state index is 0.108. The van der Waals surface area contributed by atoms with Crippen LogP contribution in [0, 0.1) is 17.2 Å². The third-order valence-electron chi connectivity index (χ3n) is 7.43. The summed E-state index contributed by atoms with van der Waals surface area (Å²) in [6, 6.07) is 14.4. The second kappa shape index (κ2) is 8.21. The van der Waals surface area contributed by atoms with E-state index in [-0.39, 0.29) is 17.2 Å². The topological polar surface area (TPSA) is 47.3 Å². The van der Waals surface area contributed by atoms with E-state index in [4.69, 9.17) is 4.74 Å². The average Bonchev–Trinajstić information content (AvgIpc) is 3.19. The van der Waals surface area contributed by atoms with Gasteiger partial charge in [0, 0.05) is 6.42 Å². The second-order valence-electron chi connectivity index (χ2n) is 9.29. The van der Waals surface area contributed by atoms with Crippen molar-refractivity contribution in [2.45, 2.75) is 45.1 Å². The summed E-state index contributed by atoms with van der Waals surface area (Å²) in [6.07, 6.45) is 8.27. The van der Waals surface area contributed by atoms with Gasteiger partial charge in [0.15, 0.2) is 0 Å². The molecule has 0 bridgehead atoms. The van der Waals surface area contributed by atoms with Gasteiger partial charge in [0.1, 0.15) is 11.6 Å². The molecule has 4 nitrogen and oxygen atoms in total. The Morgan fingerprint density at radius 3 is 2.78 bits per heavy atom. The number of nitrogens with zero attached hydrogens (tertiary/aromatic N) is 2. The number of ether oxygens (including phenoxy) is 1. The van der Waals surface area contributed by atoms with Crippen molar-refractivity contribution in [1.82, 2.24) is 9.78 Å². The molecule has 2 aliphatic rings. The third kappa shape index (κ3) is 3.55. The summed E-state index contributed by atoms with van der Waals surface area (Å²) in [5.41, 5.74) is 5.42. The Labute approximate surface area is 188 Å². The van der Waals surface area contributed by atoms with Crippen molar-refractivity contribution in [3.63, 3.8) is 0 Å². The van der Waals surface area contributed by atoms with Crippen LogP contribution in [-0.4, -0.2) is 28.1 Å². The first-order valence-electron chi connectivity index (χ1n) is 11.3. The maximum absolute atomic E-state index is 13.4. The summed E-state index contributed by atoms with van der Waals surface area (Å²) in [4.78, 5) is 0. The quantitative estimate of drug-likeness (QED) is 0.590. The number of aliphatic hydroxyl groups is 1. The van der Waals surface area contributed by atoms with Crippen LogP contribution in [0.1, 0.15) is 43.0 Å². The number of fused-ring (bicyclic) bond motifs is 2. The number of rotatable bonds is 5. The first-order chi connectivity index (χ1) is 15.5. The Kier molecular flexibility index (Phi) is 5.38. The second-order valence-corrected chi connectivity index (χ2v) is 9.29. The first kappa shape index (κ1) is 21.0. The Bertz CT molecular complexity index is 1150. The largest absolute Gasteiger partial charge is 0.496 e. The van der Waals surface area contributed by atoms with E-state index in [9.17, 15) is 9.50 Å². The number of aliphatic hydroxyl groups excluding tert-OH is 1. The molecule has 0 saturated heterocycles. The lowest BCUT2D eigenvalue weighted by Gasteiger charge is -2.47. The maximum Gasteiger partial charge on any atom is 0.123 e. The number of allylic oxidation sites excluding steroid dienone is 1. The predicted octanol–water partition coefficient (Wildman–Crippen LogP) is 5.37. The van der Waals surface area contributed by atoms with Gasteiger partial charge in [-0.15, -0.1) is 0 Å². The fraction of sp³-hybridized carbons (Fsp3) is 0.370. The fourth-order valence-corrected chi connectivity index (χ4v) is 5.72. The summed E-state index contributed by atoms with van der Waals surface area (Å²) in [6.45, 7) is 2.30. The first-order valence-corrected chi connectivity index (χ1v) is 11.3. The van der Waals surface area contributed by atoms with Crippen molar-refractivity contribution >= 4 is 6.08 Å². The van der Waals surface area contributed by atoms with E-state index in [1.54, 1.807) is 19.2 Å². The van der Waals surface area contributed by atoms with Crippen LogP contribution in [0.25, 0.3) is 11.8 Å². The number of hydrogen-bond acceptors (Lipinski definition) is 3. The van der Waals surface area contributed by atoms with Crippen LogP contribution in [-0.2, 0) is 12.8 Å². The number of aromatic nitrogens is 2. The molecule has 5 rings (SSSR count). The van der Waals surface area contributed by atoms with E-state index in [0.717, 1.165) is 48.4 Å². The minimum Gasteiger partial charge on any atom is -0.496 e. The highest BCUT2D eigenvalue weighted by Gasteiger charge is 2.46. The van der Waals surface area contributed by atoms with Crippen LogP contribution in [0.15, 0.2) is 60.3 Å². The van der Waals surface area contributed by atoms with Gasteiger partial charge in [0.25, 0.3) is 0 Å². The van der Waals surface area contributed by atoms with Crippen LogP contribution >= 0.6 is 0 Å². The molecule has 1 N–H and O–H groups in total. The lowest BCUT2D eigenvalue weighted by Crippen LogP contribution is -2.44. The molecule has 2 aromatic carbocycles. The fourth-order valence-electron chi connectivity index (χ4n) is 5.72. The number of hydrogen-bond donors (Lipinski definition) is 1. The lowest BCUT2D eigenvalue weighted by atomic mass is 9.58. The highest BCUT2D eigenvalue weighted by molar-refractivity contribution is 5.61. The average molecular weight is 433 g/mol. The monoisotopic (exact) mass is 432 g/mol. The third-order valence-corrected chi connectivity index (χ3v) is 7.43. The lowest BCUT2D eigenvalue weighted by molar-refractivity contribution is 0.0231. The van der Waals surface area contributed by atoms with Crippen molar-refractivity contribution in [3.05, 3.63) is 82.9 Å². The SMILES string of the molecule is COc1ccccc1C[C@H](O)[C@H]1CCCC2=Cc3c(cnn3-c3ccc(F)cc3)C[C@@]21C. The van der Waals surface area contributed by atoms with Crippen LogP contribution in [0.2, 0.25) is 0 Å². The highest BCUT2D eigenvalue weighted by atomic mass is 19.1. The van der Waals surface area contributed by atoms with Gasteiger partial charge in [0.2, 0.25) is 0 Å². The zero-order chi connectivity index (χ0) is 22.3. The Balaban J connectivity index is 1.45. The van der Waals surface area contributed by atoms with Crippen molar-refractivity contribution in [1.29, 1.82) is 0 Å². The van der Waals surface area contributed by atoms with Gasteiger partial charge in [-0.25, -0.2) is 9.07 Å². The molecule has 1 aromatic heterocycles. The van der Waals surface area contributed by atoms with Crippen molar-refractivity contribution in [2.75, 3.05) is 7.11 Å². The summed E-state index contributed by atoms with van der Waals surface area (Å²) >= 11 is 0. The zero-order valence-corrected chi connectivity index (χ0v) is 18.6. The molecule has 1 saturated carbocycles. The van der Waals surface area contributed by atoms with Crippen LogP contribution in [0.3, 0.4) is 0 Å². The standard InChI is InChI=1S/C27H29FN2O2/c1-27-16-19-17-29-30(22-12-10-21(28)11-13-22)24(19)15-20(27)7-5-8-23(27)25(31)14-18-6-3-4-9-26(18)32-2/h3-4,6,9-13,15,17,23,25,31H,5,7-8,14,16H2,1-2H3/t23-,25+,27+/m1/s1. The Hall–Kier alpha value is -2.92. The molecule has 1 fully saturated rings. The highest BCUT2D eigenvalue weighted by Crippen LogP contribution is 2.52. The van der Waals surface area contributed by atoms with E-state index in [1.165, 1.54) is 23.3 Å². The molecule has 0 amide bonds. The van der Waals surface area contributed by atoms with Crippen LogP contribution in [0.5, 0.6) is 5.75 Å². The molecule has 0 unspecified atom stereocenters. The number of methoxy groups -OCH3 is 1. The predicted molar refractivity (Wildman–Crippen MR) is 123 cm³/mol. The van der Waals surface area contributed by atoms with E-state index in [2.05, 4.69) is 18.1 Å². The summed E-state index contributed by atoms with van der Waals surface area (Å²) in [7, 11) is 1.68. The molecule has 0 spiro atoms. The zero-order valence-electron chi connectivity index (χ0n) is 18.6. The summed E-state index contributed by atoms with van der Waals surface area (Å²) < 4.78 is 20.8. The van der Waals surface area contributed by atoms with Crippen LogP contribution < -0.4 is 4.74 Å². The van der Waals surface area contributed by atoms with E-state index in [1.807, 2.05) is 35.1 Å². The molecule has 0 aliphatic heterocycles. The van der Waals surface area contributed by atoms with E-state index in [0.29, 0.717) is 6.42 Å². The van der Waals surface area contributed by atoms with Crippen molar-refractivity contribution in [3.8, 4) is 11.4 Å². The number of para-hydroxylation sites is 1. The number of halogens is 1. The molecular formula is C27H29FN2O2. The van der Waals surface area contributed by atoms with Gasteiger partial charge in [-0.2, -0.15) is 5.10 Å². The molecule has 32 heavy (non-hydrogen) atoms. The van der Waals surface area contributed by atoms with E-state index < -0.39 is 6.10 Å². The molecule has 0 radical (unpaired) electrons. The smallest absolute Gasteiger partial charge is 0.123 e. The summed E-state index contributed by atoms with van der Waals surface area (Å²) in [5.74, 6) is 0.740. The maximum atomic E-state index is 13.4. The van der Waals surface area contributed by atoms with Gasteiger partial charge >= 0.3 is 0 Å². The van der Waals surface area contributed by atoms with Gasteiger partial charge in [-0.05, 0) is 84.6 Å². The molecule has 1 heterocycles. The van der Waals surface area contributed by atoms with Crippen LogP contribution in [0.4, 0.5) is 4.39 Å². The van der Waals surface area contributed by atoms with Gasteiger partial charge in [-0.1, -0.05) is 30.7 Å². The molecular weight excluding hydrogens is 403 g/mol.